The van der Waals surface area contributed by atoms with E-state index < -0.39 is 0 Å². The SMILES string of the molecule is CN(Cc1ccc(Cl)s1)Cc1ccc(CN)cc1Cl. The van der Waals surface area contributed by atoms with Gasteiger partial charge in [-0.15, -0.1) is 11.3 Å². The van der Waals surface area contributed by atoms with Crippen LogP contribution < -0.4 is 5.73 Å². The summed E-state index contributed by atoms with van der Waals surface area (Å²) in [5, 5.41) is 0.777. The number of nitrogens with zero attached hydrogens (tertiary/aromatic N) is 1. The highest BCUT2D eigenvalue weighted by atomic mass is 35.5. The average molecular weight is 315 g/mol. The lowest BCUT2D eigenvalue weighted by atomic mass is 10.1. The minimum absolute atomic E-state index is 0.517. The van der Waals surface area contributed by atoms with Crippen LogP contribution in [0.15, 0.2) is 30.3 Å². The average Bonchev–Trinajstić information content (AvgIpc) is 2.77. The molecular formula is C14H16Cl2N2S. The van der Waals surface area contributed by atoms with Gasteiger partial charge in [0.05, 0.1) is 4.34 Å². The second kappa shape index (κ2) is 6.73. The summed E-state index contributed by atoms with van der Waals surface area (Å²) in [5.74, 6) is 0. The molecule has 0 atom stereocenters. The van der Waals surface area contributed by atoms with Crippen molar-refractivity contribution < 1.29 is 0 Å². The van der Waals surface area contributed by atoms with E-state index in [9.17, 15) is 0 Å². The Hall–Kier alpha value is -0.580. The zero-order valence-corrected chi connectivity index (χ0v) is 13.0. The summed E-state index contributed by atoms with van der Waals surface area (Å²) in [5.41, 5.74) is 7.77. The van der Waals surface area contributed by atoms with E-state index in [-0.39, 0.29) is 0 Å². The first-order valence-corrected chi connectivity index (χ1v) is 7.56. The molecule has 0 unspecified atom stereocenters. The van der Waals surface area contributed by atoms with Gasteiger partial charge in [0.1, 0.15) is 0 Å². The molecule has 0 aliphatic rings. The lowest BCUT2D eigenvalue weighted by Gasteiger charge is -2.17. The number of rotatable bonds is 5. The summed E-state index contributed by atoms with van der Waals surface area (Å²) in [6, 6.07) is 9.99. The van der Waals surface area contributed by atoms with Crippen molar-refractivity contribution in [2.24, 2.45) is 5.73 Å². The first-order valence-electron chi connectivity index (χ1n) is 5.98. The van der Waals surface area contributed by atoms with Crippen LogP contribution in [0.3, 0.4) is 0 Å². The normalized spacial score (nSPS) is 11.2. The molecule has 1 aromatic carbocycles. The summed E-state index contributed by atoms with van der Waals surface area (Å²) in [7, 11) is 2.07. The molecule has 0 fully saturated rings. The van der Waals surface area contributed by atoms with Gasteiger partial charge in [-0.05, 0) is 36.4 Å². The minimum Gasteiger partial charge on any atom is -0.326 e. The number of nitrogens with two attached hydrogens (primary N) is 1. The molecule has 5 heteroatoms. The minimum atomic E-state index is 0.517. The fourth-order valence-corrected chi connectivity index (χ4v) is 3.33. The van der Waals surface area contributed by atoms with E-state index in [1.54, 1.807) is 11.3 Å². The van der Waals surface area contributed by atoms with Gasteiger partial charge in [-0.3, -0.25) is 4.90 Å². The Bertz CT molecular complexity index is 554. The molecule has 102 valence electrons. The molecule has 0 amide bonds. The van der Waals surface area contributed by atoms with Crippen LogP contribution in [-0.4, -0.2) is 11.9 Å². The molecule has 2 nitrogen and oxygen atoms in total. The Morgan fingerprint density at radius 1 is 1.16 bits per heavy atom. The van der Waals surface area contributed by atoms with Crippen LogP contribution in [0.5, 0.6) is 0 Å². The van der Waals surface area contributed by atoms with Gasteiger partial charge in [0, 0.05) is 29.5 Å². The van der Waals surface area contributed by atoms with E-state index in [4.69, 9.17) is 28.9 Å². The monoisotopic (exact) mass is 314 g/mol. The zero-order chi connectivity index (χ0) is 13.8. The molecule has 0 aliphatic heterocycles. The third-order valence-electron chi connectivity index (χ3n) is 2.85. The van der Waals surface area contributed by atoms with E-state index in [1.165, 1.54) is 4.88 Å². The highest BCUT2D eigenvalue weighted by Crippen LogP contribution is 2.24. The van der Waals surface area contributed by atoms with Crippen LogP contribution in [0.25, 0.3) is 0 Å². The molecule has 0 radical (unpaired) electrons. The van der Waals surface area contributed by atoms with Crippen molar-refractivity contribution in [3.63, 3.8) is 0 Å². The number of hydrogen-bond acceptors (Lipinski definition) is 3. The number of halogens is 2. The molecule has 19 heavy (non-hydrogen) atoms. The van der Waals surface area contributed by atoms with Gasteiger partial charge in [-0.1, -0.05) is 35.3 Å². The smallest absolute Gasteiger partial charge is 0.0931 e. The van der Waals surface area contributed by atoms with Crippen LogP contribution in [0.1, 0.15) is 16.0 Å². The highest BCUT2D eigenvalue weighted by molar-refractivity contribution is 7.16. The van der Waals surface area contributed by atoms with Gasteiger partial charge in [-0.2, -0.15) is 0 Å². The van der Waals surface area contributed by atoms with Crippen molar-refractivity contribution in [3.05, 3.63) is 55.7 Å². The fourth-order valence-electron chi connectivity index (χ4n) is 1.90. The van der Waals surface area contributed by atoms with E-state index in [2.05, 4.69) is 18.0 Å². The second-order valence-electron chi connectivity index (χ2n) is 4.51. The van der Waals surface area contributed by atoms with Crippen LogP contribution in [0.2, 0.25) is 9.36 Å². The Morgan fingerprint density at radius 2 is 1.95 bits per heavy atom. The van der Waals surface area contributed by atoms with E-state index in [0.717, 1.165) is 33.6 Å². The Labute approximate surface area is 127 Å². The van der Waals surface area contributed by atoms with Crippen molar-refractivity contribution in [1.82, 2.24) is 4.90 Å². The predicted molar refractivity (Wildman–Crippen MR) is 83.8 cm³/mol. The van der Waals surface area contributed by atoms with Gasteiger partial charge in [0.15, 0.2) is 0 Å². The van der Waals surface area contributed by atoms with Gasteiger partial charge in [0.2, 0.25) is 0 Å². The lowest BCUT2D eigenvalue weighted by Crippen LogP contribution is -2.16. The molecule has 2 rings (SSSR count). The molecule has 2 N–H and O–H groups in total. The maximum absolute atomic E-state index is 6.26. The maximum Gasteiger partial charge on any atom is 0.0931 e. The Balaban J connectivity index is 2.00. The topological polar surface area (TPSA) is 29.3 Å². The highest BCUT2D eigenvalue weighted by Gasteiger charge is 2.07. The number of thiophene rings is 1. The predicted octanol–water partition coefficient (Wildman–Crippen LogP) is 4.15. The van der Waals surface area contributed by atoms with E-state index in [1.807, 2.05) is 24.3 Å². The van der Waals surface area contributed by atoms with Crippen molar-refractivity contribution in [2.75, 3.05) is 7.05 Å². The fraction of sp³-hybridized carbons (Fsp3) is 0.286. The molecule has 2 aromatic rings. The standard InChI is InChI=1S/C14H16Cl2N2S/c1-18(9-12-4-5-14(16)19-12)8-11-3-2-10(7-17)6-13(11)15/h2-6H,7-9,17H2,1H3. The summed E-state index contributed by atoms with van der Waals surface area (Å²) >= 11 is 13.8. The number of benzene rings is 1. The third kappa shape index (κ3) is 4.20. The zero-order valence-electron chi connectivity index (χ0n) is 10.7. The molecule has 0 saturated heterocycles. The lowest BCUT2D eigenvalue weighted by molar-refractivity contribution is 0.322. The molecule has 1 heterocycles. The molecule has 0 aliphatic carbocycles. The van der Waals surface area contributed by atoms with Gasteiger partial charge >= 0.3 is 0 Å². The first-order chi connectivity index (χ1) is 9.08. The molecule has 0 saturated carbocycles. The largest absolute Gasteiger partial charge is 0.326 e. The van der Waals surface area contributed by atoms with Crippen molar-refractivity contribution in [1.29, 1.82) is 0 Å². The van der Waals surface area contributed by atoms with Crippen LogP contribution in [0, 0.1) is 0 Å². The van der Waals surface area contributed by atoms with Gasteiger partial charge in [0.25, 0.3) is 0 Å². The van der Waals surface area contributed by atoms with E-state index in [0.29, 0.717) is 6.54 Å². The summed E-state index contributed by atoms with van der Waals surface area (Å²) in [4.78, 5) is 3.47. The number of hydrogen-bond donors (Lipinski definition) is 1. The van der Waals surface area contributed by atoms with Crippen molar-refractivity contribution in [3.8, 4) is 0 Å². The second-order valence-corrected chi connectivity index (χ2v) is 6.71. The molecule has 0 bridgehead atoms. The Kier molecular flexibility index (Phi) is 5.25. The first kappa shape index (κ1) is 14.8. The third-order valence-corrected chi connectivity index (χ3v) is 4.42. The van der Waals surface area contributed by atoms with Crippen molar-refractivity contribution in [2.45, 2.75) is 19.6 Å². The quantitative estimate of drug-likeness (QED) is 0.898. The van der Waals surface area contributed by atoms with Crippen LogP contribution >= 0.6 is 34.5 Å². The summed E-state index contributed by atoms with van der Waals surface area (Å²) in [6.07, 6.45) is 0. The molecule has 1 aromatic heterocycles. The molecular weight excluding hydrogens is 299 g/mol. The van der Waals surface area contributed by atoms with Crippen LogP contribution in [0.4, 0.5) is 0 Å². The Morgan fingerprint density at radius 3 is 2.53 bits per heavy atom. The summed E-state index contributed by atoms with van der Waals surface area (Å²) < 4.78 is 0.828. The maximum atomic E-state index is 6.26. The van der Waals surface area contributed by atoms with Gasteiger partial charge in [-0.25, -0.2) is 0 Å². The van der Waals surface area contributed by atoms with Crippen LogP contribution in [-0.2, 0) is 19.6 Å². The van der Waals surface area contributed by atoms with Gasteiger partial charge < -0.3 is 5.73 Å². The van der Waals surface area contributed by atoms with Crippen molar-refractivity contribution >= 4 is 34.5 Å². The molecule has 0 spiro atoms. The van der Waals surface area contributed by atoms with E-state index >= 15 is 0 Å². The summed E-state index contributed by atoms with van der Waals surface area (Å²) in [6.45, 7) is 2.19.